The fraction of sp³-hybridized carbons (Fsp3) is 0.417. The molecule has 0 aliphatic heterocycles. The van der Waals surface area contributed by atoms with Crippen molar-refractivity contribution in [2.45, 2.75) is 13.0 Å². The number of amides is 1. The molecule has 0 aliphatic carbocycles. The first kappa shape index (κ1) is 14.7. The molecule has 0 aliphatic rings. The summed E-state index contributed by atoms with van der Waals surface area (Å²) >= 11 is 0. The molecule has 1 amide bonds. The fourth-order valence-corrected chi connectivity index (χ4v) is 2.22. The summed E-state index contributed by atoms with van der Waals surface area (Å²) in [6, 6.07) is 8.01. The Bertz CT molecular complexity index is 499. The molecular formula is C12H18N2O3S. The van der Waals surface area contributed by atoms with Crippen LogP contribution in [-0.2, 0) is 14.8 Å². The summed E-state index contributed by atoms with van der Waals surface area (Å²) < 4.78 is 24.3. The maximum atomic E-state index is 12.0. The van der Waals surface area contributed by atoms with E-state index in [4.69, 9.17) is 0 Å². The molecule has 0 radical (unpaired) electrons. The number of benzene rings is 1. The Balaban J connectivity index is 3.15. The lowest BCUT2D eigenvalue weighted by Crippen LogP contribution is -2.41. The SMILES string of the molecule is CCNC(=O)[C@H](c1ccccc1)N(C)S(C)(=O)=O. The predicted octanol–water partition coefficient (Wildman–Crippen LogP) is 0.755. The van der Waals surface area contributed by atoms with Crippen LogP contribution < -0.4 is 5.32 Å². The summed E-state index contributed by atoms with van der Waals surface area (Å²) in [4.78, 5) is 12.0. The number of likely N-dealkylation sites (N-methyl/N-ethyl adjacent to an activating group) is 2. The van der Waals surface area contributed by atoms with Crippen molar-refractivity contribution in [2.75, 3.05) is 19.8 Å². The molecule has 0 heterocycles. The van der Waals surface area contributed by atoms with Crippen molar-refractivity contribution in [2.24, 2.45) is 0 Å². The highest BCUT2D eigenvalue weighted by atomic mass is 32.2. The molecule has 18 heavy (non-hydrogen) atoms. The van der Waals surface area contributed by atoms with Crippen LogP contribution >= 0.6 is 0 Å². The monoisotopic (exact) mass is 270 g/mol. The number of nitrogens with zero attached hydrogens (tertiary/aromatic N) is 1. The van der Waals surface area contributed by atoms with E-state index in [1.165, 1.54) is 7.05 Å². The first-order chi connectivity index (χ1) is 8.38. The van der Waals surface area contributed by atoms with Crippen LogP contribution in [0.5, 0.6) is 0 Å². The molecule has 0 spiro atoms. The van der Waals surface area contributed by atoms with Gasteiger partial charge in [0.25, 0.3) is 0 Å². The van der Waals surface area contributed by atoms with Crippen LogP contribution in [-0.4, -0.2) is 38.5 Å². The Morgan fingerprint density at radius 3 is 2.33 bits per heavy atom. The lowest BCUT2D eigenvalue weighted by molar-refractivity contribution is -0.124. The van der Waals surface area contributed by atoms with Crippen molar-refractivity contribution >= 4 is 15.9 Å². The second-order valence-electron chi connectivity index (χ2n) is 3.99. The van der Waals surface area contributed by atoms with Crippen LogP contribution in [0, 0.1) is 0 Å². The Hall–Kier alpha value is -1.40. The van der Waals surface area contributed by atoms with Crippen molar-refractivity contribution in [1.29, 1.82) is 0 Å². The van der Waals surface area contributed by atoms with Gasteiger partial charge in [0, 0.05) is 13.6 Å². The van der Waals surface area contributed by atoms with Gasteiger partial charge in [-0.15, -0.1) is 0 Å². The van der Waals surface area contributed by atoms with Gasteiger partial charge in [-0.05, 0) is 12.5 Å². The zero-order valence-electron chi connectivity index (χ0n) is 10.8. The van der Waals surface area contributed by atoms with Gasteiger partial charge in [0.05, 0.1) is 6.26 Å². The predicted molar refractivity (Wildman–Crippen MR) is 70.5 cm³/mol. The molecule has 0 fully saturated rings. The molecule has 100 valence electrons. The van der Waals surface area contributed by atoms with Crippen molar-refractivity contribution in [1.82, 2.24) is 9.62 Å². The Morgan fingerprint density at radius 1 is 1.33 bits per heavy atom. The van der Waals surface area contributed by atoms with Crippen molar-refractivity contribution in [3.63, 3.8) is 0 Å². The zero-order valence-corrected chi connectivity index (χ0v) is 11.6. The summed E-state index contributed by atoms with van der Waals surface area (Å²) in [5.41, 5.74) is 0.649. The second-order valence-corrected chi connectivity index (χ2v) is 6.03. The van der Waals surface area contributed by atoms with Gasteiger partial charge < -0.3 is 5.32 Å². The molecule has 0 saturated heterocycles. The minimum atomic E-state index is -3.44. The lowest BCUT2D eigenvalue weighted by Gasteiger charge is -2.25. The average molecular weight is 270 g/mol. The van der Waals surface area contributed by atoms with Crippen LogP contribution in [0.4, 0.5) is 0 Å². The minimum absolute atomic E-state index is 0.323. The normalized spacial score (nSPS) is 13.3. The minimum Gasteiger partial charge on any atom is -0.355 e. The first-order valence-electron chi connectivity index (χ1n) is 5.63. The quantitative estimate of drug-likeness (QED) is 0.859. The highest BCUT2D eigenvalue weighted by Crippen LogP contribution is 2.21. The summed E-state index contributed by atoms with van der Waals surface area (Å²) in [7, 11) is -2.04. The third kappa shape index (κ3) is 3.54. The molecule has 0 bridgehead atoms. The average Bonchev–Trinajstić information content (AvgIpc) is 2.29. The third-order valence-electron chi connectivity index (χ3n) is 2.60. The Labute approximate surface area is 108 Å². The summed E-state index contributed by atoms with van der Waals surface area (Å²) in [5.74, 6) is -0.323. The largest absolute Gasteiger partial charge is 0.355 e. The number of carbonyl (C=O) groups is 1. The molecule has 1 atom stereocenters. The molecule has 1 aromatic rings. The van der Waals surface area contributed by atoms with Crippen molar-refractivity contribution in [3.8, 4) is 0 Å². The number of hydrogen-bond donors (Lipinski definition) is 1. The molecule has 0 unspecified atom stereocenters. The van der Waals surface area contributed by atoms with Gasteiger partial charge in [-0.2, -0.15) is 4.31 Å². The fourth-order valence-electron chi connectivity index (χ4n) is 1.62. The van der Waals surface area contributed by atoms with Gasteiger partial charge in [0.15, 0.2) is 0 Å². The van der Waals surface area contributed by atoms with E-state index in [2.05, 4.69) is 5.32 Å². The molecule has 1 aromatic carbocycles. The summed E-state index contributed by atoms with van der Waals surface area (Å²) in [6.07, 6.45) is 1.09. The first-order valence-corrected chi connectivity index (χ1v) is 7.48. The van der Waals surface area contributed by atoms with Gasteiger partial charge >= 0.3 is 0 Å². The van der Waals surface area contributed by atoms with Crippen LogP contribution in [0.25, 0.3) is 0 Å². The van der Waals surface area contributed by atoms with E-state index in [9.17, 15) is 13.2 Å². The molecule has 0 aromatic heterocycles. The molecule has 6 heteroatoms. The van der Waals surface area contributed by atoms with E-state index in [0.717, 1.165) is 10.6 Å². The second kappa shape index (κ2) is 5.97. The smallest absolute Gasteiger partial charge is 0.242 e. The highest BCUT2D eigenvalue weighted by Gasteiger charge is 2.30. The highest BCUT2D eigenvalue weighted by molar-refractivity contribution is 7.88. The van der Waals surface area contributed by atoms with E-state index < -0.39 is 16.1 Å². The summed E-state index contributed by atoms with van der Waals surface area (Å²) in [6.45, 7) is 2.25. The number of hydrogen-bond acceptors (Lipinski definition) is 3. The Kier molecular flexibility index (Phi) is 4.86. The van der Waals surface area contributed by atoms with Crippen LogP contribution in [0.1, 0.15) is 18.5 Å². The number of sulfonamides is 1. The van der Waals surface area contributed by atoms with Crippen molar-refractivity contribution in [3.05, 3.63) is 35.9 Å². The number of nitrogens with one attached hydrogen (secondary N) is 1. The van der Waals surface area contributed by atoms with E-state index >= 15 is 0 Å². The molecule has 0 saturated carbocycles. The van der Waals surface area contributed by atoms with E-state index in [1.807, 2.05) is 6.07 Å². The zero-order chi connectivity index (χ0) is 13.8. The van der Waals surface area contributed by atoms with Gasteiger partial charge in [-0.25, -0.2) is 8.42 Å². The van der Waals surface area contributed by atoms with Crippen molar-refractivity contribution < 1.29 is 13.2 Å². The van der Waals surface area contributed by atoms with Gasteiger partial charge in [0.1, 0.15) is 6.04 Å². The standard InChI is InChI=1S/C12H18N2O3S/c1-4-13-12(15)11(14(2)18(3,16)17)10-8-6-5-7-9-10/h5-9,11H,4H2,1-3H3,(H,13,15)/t11-/m0/s1. The van der Waals surface area contributed by atoms with Gasteiger partial charge in [-0.3, -0.25) is 4.79 Å². The maximum Gasteiger partial charge on any atom is 0.242 e. The number of carbonyl (C=O) groups excluding carboxylic acids is 1. The Morgan fingerprint density at radius 2 is 1.89 bits per heavy atom. The summed E-state index contributed by atoms with van der Waals surface area (Å²) in [5, 5.41) is 2.65. The van der Waals surface area contributed by atoms with E-state index in [-0.39, 0.29) is 5.91 Å². The van der Waals surface area contributed by atoms with Gasteiger partial charge in [0.2, 0.25) is 15.9 Å². The molecule has 1 rings (SSSR count). The topological polar surface area (TPSA) is 66.5 Å². The maximum absolute atomic E-state index is 12.0. The number of rotatable bonds is 5. The molecule has 1 N–H and O–H groups in total. The van der Waals surface area contributed by atoms with E-state index in [1.54, 1.807) is 31.2 Å². The van der Waals surface area contributed by atoms with Gasteiger partial charge in [-0.1, -0.05) is 30.3 Å². The lowest BCUT2D eigenvalue weighted by atomic mass is 10.1. The molecular weight excluding hydrogens is 252 g/mol. The van der Waals surface area contributed by atoms with Crippen LogP contribution in [0.15, 0.2) is 30.3 Å². The third-order valence-corrected chi connectivity index (χ3v) is 3.86. The van der Waals surface area contributed by atoms with Crippen LogP contribution in [0.2, 0.25) is 0 Å². The van der Waals surface area contributed by atoms with E-state index in [0.29, 0.717) is 12.1 Å². The van der Waals surface area contributed by atoms with Crippen LogP contribution in [0.3, 0.4) is 0 Å². The molecule has 5 nitrogen and oxygen atoms in total.